The molecule has 80 valence electrons. The minimum Gasteiger partial charge on any atom is -0.380 e. The van der Waals surface area contributed by atoms with Crippen LogP contribution in [0.4, 0.5) is 5.69 Å². The number of nitriles is 1. The summed E-state index contributed by atoms with van der Waals surface area (Å²) in [5, 5.41) is 14.5. The van der Waals surface area contributed by atoms with Crippen molar-refractivity contribution in [1.29, 1.82) is 5.26 Å². The van der Waals surface area contributed by atoms with E-state index in [9.17, 15) is 0 Å². The molecule has 0 unspecified atom stereocenters. The van der Waals surface area contributed by atoms with Gasteiger partial charge in [0.2, 0.25) is 0 Å². The van der Waals surface area contributed by atoms with Crippen molar-refractivity contribution < 1.29 is 0 Å². The third-order valence-corrected chi connectivity index (χ3v) is 3.28. The average molecular weight is 249 g/mol. The summed E-state index contributed by atoms with van der Waals surface area (Å²) in [5.74, 6) is 0. The number of thiophene rings is 1. The molecule has 0 fully saturated rings. The predicted molar refractivity (Wildman–Crippen MR) is 67.8 cm³/mol. The van der Waals surface area contributed by atoms with Gasteiger partial charge >= 0.3 is 0 Å². The predicted octanol–water partition coefficient (Wildman–Crippen LogP) is 3.89. The zero-order valence-electron chi connectivity index (χ0n) is 8.40. The lowest BCUT2D eigenvalue weighted by molar-refractivity contribution is 1.19. The topological polar surface area (TPSA) is 35.8 Å². The maximum absolute atomic E-state index is 8.69. The van der Waals surface area contributed by atoms with Gasteiger partial charge in [0, 0.05) is 27.5 Å². The first kappa shape index (κ1) is 11.0. The van der Waals surface area contributed by atoms with Crippen LogP contribution in [-0.2, 0) is 6.54 Å². The summed E-state index contributed by atoms with van der Waals surface area (Å²) >= 11 is 7.37. The van der Waals surface area contributed by atoms with Gasteiger partial charge in [0.1, 0.15) is 6.07 Å². The molecule has 1 aromatic carbocycles. The van der Waals surface area contributed by atoms with Gasteiger partial charge < -0.3 is 5.32 Å². The van der Waals surface area contributed by atoms with Crippen LogP contribution in [0.15, 0.2) is 35.7 Å². The third-order valence-electron chi connectivity index (χ3n) is 2.09. The molecule has 1 heterocycles. The van der Waals surface area contributed by atoms with Crippen LogP contribution in [0.3, 0.4) is 0 Å². The van der Waals surface area contributed by atoms with Crippen molar-refractivity contribution >= 4 is 28.6 Å². The van der Waals surface area contributed by atoms with Crippen LogP contribution < -0.4 is 5.32 Å². The van der Waals surface area contributed by atoms with Gasteiger partial charge in [-0.1, -0.05) is 11.6 Å². The van der Waals surface area contributed by atoms with Crippen molar-refractivity contribution in [2.45, 2.75) is 6.54 Å². The minimum absolute atomic E-state index is 0.720. The van der Waals surface area contributed by atoms with Crippen molar-refractivity contribution in [3.05, 3.63) is 51.2 Å². The molecule has 0 saturated heterocycles. The number of halogens is 1. The molecule has 0 aliphatic carbocycles. The first-order valence-electron chi connectivity index (χ1n) is 4.75. The molecular weight excluding hydrogens is 240 g/mol. The SMILES string of the molecule is N#Cc1csc(CNc2ccc(Cl)cc2)c1. The van der Waals surface area contributed by atoms with E-state index in [1.54, 1.807) is 11.3 Å². The lowest BCUT2D eigenvalue weighted by Gasteiger charge is -2.03. The van der Waals surface area contributed by atoms with Crippen LogP contribution in [-0.4, -0.2) is 0 Å². The van der Waals surface area contributed by atoms with Crippen LogP contribution in [0, 0.1) is 11.3 Å². The quantitative estimate of drug-likeness (QED) is 0.895. The fraction of sp³-hybridized carbons (Fsp3) is 0.0833. The highest BCUT2D eigenvalue weighted by atomic mass is 35.5. The first-order valence-corrected chi connectivity index (χ1v) is 6.00. The molecule has 4 heteroatoms. The molecule has 0 atom stereocenters. The van der Waals surface area contributed by atoms with Gasteiger partial charge in [-0.3, -0.25) is 0 Å². The zero-order valence-corrected chi connectivity index (χ0v) is 9.98. The summed E-state index contributed by atoms with van der Waals surface area (Å²) in [4.78, 5) is 1.14. The van der Waals surface area contributed by atoms with Gasteiger partial charge in [-0.25, -0.2) is 0 Å². The van der Waals surface area contributed by atoms with Crippen molar-refractivity contribution in [2.75, 3.05) is 5.32 Å². The summed E-state index contributed by atoms with van der Waals surface area (Å²) < 4.78 is 0. The Hall–Kier alpha value is -1.50. The third kappa shape index (κ3) is 2.75. The molecule has 0 amide bonds. The van der Waals surface area contributed by atoms with E-state index in [2.05, 4.69) is 11.4 Å². The molecule has 2 rings (SSSR count). The van der Waals surface area contributed by atoms with Crippen LogP contribution in [0.2, 0.25) is 5.02 Å². The molecule has 0 spiro atoms. The maximum Gasteiger partial charge on any atom is 0.100 e. The molecular formula is C12H9ClN2S. The molecule has 1 N–H and O–H groups in total. The first-order chi connectivity index (χ1) is 7.78. The van der Waals surface area contributed by atoms with Crippen LogP contribution >= 0.6 is 22.9 Å². The van der Waals surface area contributed by atoms with Gasteiger partial charge in [0.05, 0.1) is 5.56 Å². The summed E-state index contributed by atoms with van der Waals surface area (Å²) in [6.45, 7) is 0.730. The number of nitrogens with zero attached hydrogens (tertiary/aromatic N) is 1. The van der Waals surface area contributed by atoms with Gasteiger partial charge in [-0.2, -0.15) is 5.26 Å². The smallest absolute Gasteiger partial charge is 0.100 e. The Kier molecular flexibility index (Phi) is 3.45. The number of anilines is 1. The number of benzene rings is 1. The standard InChI is InChI=1S/C12H9ClN2S/c13-10-1-3-11(4-2-10)15-7-12-5-9(6-14)8-16-12/h1-5,8,15H,7H2. The van der Waals surface area contributed by atoms with Crippen LogP contribution in [0.1, 0.15) is 10.4 Å². The number of hydrogen-bond donors (Lipinski definition) is 1. The fourth-order valence-electron chi connectivity index (χ4n) is 1.29. The van der Waals surface area contributed by atoms with E-state index in [0.29, 0.717) is 0 Å². The van der Waals surface area contributed by atoms with Crippen molar-refractivity contribution in [2.24, 2.45) is 0 Å². The maximum atomic E-state index is 8.69. The molecule has 0 saturated carbocycles. The van der Waals surface area contributed by atoms with Crippen molar-refractivity contribution in [3.63, 3.8) is 0 Å². The van der Waals surface area contributed by atoms with E-state index < -0.39 is 0 Å². The van der Waals surface area contributed by atoms with Crippen molar-refractivity contribution in [1.82, 2.24) is 0 Å². The Labute approximate surface area is 103 Å². The van der Waals surface area contributed by atoms with E-state index in [4.69, 9.17) is 16.9 Å². The van der Waals surface area contributed by atoms with Crippen LogP contribution in [0.5, 0.6) is 0 Å². The van der Waals surface area contributed by atoms with E-state index >= 15 is 0 Å². The van der Waals surface area contributed by atoms with Gasteiger partial charge in [0.15, 0.2) is 0 Å². The highest BCUT2D eigenvalue weighted by Crippen LogP contribution is 2.17. The lowest BCUT2D eigenvalue weighted by Crippen LogP contribution is -1.96. The van der Waals surface area contributed by atoms with E-state index in [1.165, 1.54) is 0 Å². The number of rotatable bonds is 3. The van der Waals surface area contributed by atoms with Crippen LogP contribution in [0.25, 0.3) is 0 Å². The monoisotopic (exact) mass is 248 g/mol. The second-order valence-electron chi connectivity index (χ2n) is 3.27. The summed E-state index contributed by atoms with van der Waals surface area (Å²) in [6, 6.07) is 11.6. The highest BCUT2D eigenvalue weighted by molar-refractivity contribution is 7.10. The second-order valence-corrected chi connectivity index (χ2v) is 4.71. The van der Waals surface area contributed by atoms with E-state index in [0.717, 1.165) is 27.7 Å². The van der Waals surface area contributed by atoms with Crippen molar-refractivity contribution in [3.8, 4) is 6.07 Å². The normalized spacial score (nSPS) is 9.75. The molecule has 0 aliphatic rings. The zero-order chi connectivity index (χ0) is 11.4. The van der Waals surface area contributed by atoms with E-state index in [1.807, 2.05) is 35.7 Å². The highest BCUT2D eigenvalue weighted by Gasteiger charge is 1.99. The Morgan fingerprint density at radius 2 is 2.06 bits per heavy atom. The lowest BCUT2D eigenvalue weighted by atomic mass is 10.3. The Bertz CT molecular complexity index is 511. The van der Waals surface area contributed by atoms with Gasteiger partial charge in [0.25, 0.3) is 0 Å². The van der Waals surface area contributed by atoms with Gasteiger partial charge in [-0.15, -0.1) is 11.3 Å². The molecule has 0 aliphatic heterocycles. The Balaban J connectivity index is 1.97. The second kappa shape index (κ2) is 5.02. The minimum atomic E-state index is 0.720. The average Bonchev–Trinajstić information content (AvgIpc) is 2.76. The molecule has 1 aromatic heterocycles. The van der Waals surface area contributed by atoms with E-state index in [-0.39, 0.29) is 0 Å². The molecule has 2 nitrogen and oxygen atoms in total. The summed E-state index contributed by atoms with van der Waals surface area (Å²) in [6.07, 6.45) is 0. The number of hydrogen-bond acceptors (Lipinski definition) is 3. The molecule has 0 bridgehead atoms. The molecule has 2 aromatic rings. The number of nitrogens with one attached hydrogen (secondary N) is 1. The largest absolute Gasteiger partial charge is 0.380 e. The summed E-state index contributed by atoms with van der Waals surface area (Å²) in [5.41, 5.74) is 1.74. The Morgan fingerprint density at radius 3 is 2.69 bits per heavy atom. The molecule has 0 radical (unpaired) electrons. The van der Waals surface area contributed by atoms with Gasteiger partial charge in [-0.05, 0) is 30.3 Å². The Morgan fingerprint density at radius 1 is 1.31 bits per heavy atom. The molecule has 16 heavy (non-hydrogen) atoms. The fourth-order valence-corrected chi connectivity index (χ4v) is 2.16. The summed E-state index contributed by atoms with van der Waals surface area (Å²) in [7, 11) is 0.